The molecule has 4 rings (SSSR count). The summed E-state index contributed by atoms with van der Waals surface area (Å²) in [6, 6.07) is 7.32. The third kappa shape index (κ3) is 2.39. The maximum atomic E-state index is 12.3. The molecule has 1 aliphatic heterocycles. The zero-order chi connectivity index (χ0) is 17.6. The van der Waals surface area contributed by atoms with Gasteiger partial charge in [0.1, 0.15) is 0 Å². The number of rotatable bonds is 3. The molecule has 0 saturated heterocycles. The number of aromatic nitrogens is 3. The first-order valence-electron chi connectivity index (χ1n) is 7.99. The highest BCUT2D eigenvalue weighted by Crippen LogP contribution is 2.36. The second kappa shape index (κ2) is 5.77. The Labute approximate surface area is 144 Å². The molecule has 7 nitrogen and oxygen atoms in total. The van der Waals surface area contributed by atoms with Crippen LogP contribution >= 0.6 is 0 Å². The number of ether oxygens (including phenoxy) is 3. The van der Waals surface area contributed by atoms with Crippen LogP contribution in [-0.2, 0) is 11.3 Å². The fourth-order valence-corrected chi connectivity index (χ4v) is 3.05. The largest absolute Gasteiger partial charge is 0.465 e. The number of hydrogen-bond acceptors (Lipinski definition) is 6. The summed E-state index contributed by atoms with van der Waals surface area (Å²) >= 11 is 0. The molecule has 0 atom stereocenters. The van der Waals surface area contributed by atoms with Crippen molar-refractivity contribution in [1.29, 1.82) is 0 Å². The van der Waals surface area contributed by atoms with Crippen LogP contribution in [0.15, 0.2) is 24.3 Å². The van der Waals surface area contributed by atoms with Crippen LogP contribution < -0.4 is 9.47 Å². The molecule has 0 fully saturated rings. The summed E-state index contributed by atoms with van der Waals surface area (Å²) in [4.78, 5) is 17.1. The predicted molar refractivity (Wildman–Crippen MR) is 90.8 cm³/mol. The Hall–Kier alpha value is -3.09. The van der Waals surface area contributed by atoms with Crippen molar-refractivity contribution in [2.75, 3.05) is 13.9 Å². The van der Waals surface area contributed by atoms with E-state index in [1.807, 2.05) is 32.0 Å². The van der Waals surface area contributed by atoms with E-state index in [1.54, 1.807) is 10.7 Å². The number of methoxy groups -OCH3 is 1. The highest BCUT2D eigenvalue weighted by molar-refractivity contribution is 6.05. The van der Waals surface area contributed by atoms with Crippen LogP contribution in [0.5, 0.6) is 11.5 Å². The van der Waals surface area contributed by atoms with E-state index in [0.29, 0.717) is 34.9 Å². The number of nitrogens with zero attached hydrogens (tertiary/aromatic N) is 3. The first-order chi connectivity index (χ1) is 12.1. The van der Waals surface area contributed by atoms with Gasteiger partial charge in [0, 0.05) is 12.1 Å². The minimum absolute atomic E-state index is 0.209. The van der Waals surface area contributed by atoms with Crippen LogP contribution in [0.4, 0.5) is 0 Å². The lowest BCUT2D eigenvalue weighted by atomic mass is 10.1. The van der Waals surface area contributed by atoms with Gasteiger partial charge in [-0.15, -0.1) is 0 Å². The van der Waals surface area contributed by atoms with Crippen molar-refractivity contribution in [2.45, 2.75) is 20.4 Å². The van der Waals surface area contributed by atoms with E-state index < -0.39 is 5.97 Å². The molecular formula is C18H17N3O4. The van der Waals surface area contributed by atoms with Gasteiger partial charge in [-0.2, -0.15) is 5.10 Å². The number of fused-ring (bicyclic) bond motifs is 2. The number of aryl methyl sites for hydroxylation is 2. The number of hydrogen-bond donors (Lipinski definition) is 0. The maximum absolute atomic E-state index is 12.3. The molecule has 7 heteroatoms. The van der Waals surface area contributed by atoms with E-state index in [2.05, 4.69) is 5.10 Å². The Bertz CT molecular complexity index is 994. The van der Waals surface area contributed by atoms with E-state index in [9.17, 15) is 4.79 Å². The van der Waals surface area contributed by atoms with Crippen molar-refractivity contribution in [3.8, 4) is 22.8 Å². The summed E-state index contributed by atoms with van der Waals surface area (Å²) in [5, 5.41) is 5.20. The lowest BCUT2D eigenvalue weighted by molar-refractivity contribution is 0.0603. The maximum Gasteiger partial charge on any atom is 0.338 e. The number of carbonyl (C=O) groups excluding carboxylic acids is 1. The average Bonchev–Trinajstić information content (AvgIpc) is 3.23. The zero-order valence-electron chi connectivity index (χ0n) is 14.2. The molecule has 3 aromatic rings. The number of benzene rings is 1. The monoisotopic (exact) mass is 339 g/mol. The highest BCUT2D eigenvalue weighted by Gasteiger charge is 2.21. The summed E-state index contributed by atoms with van der Waals surface area (Å²) < 4.78 is 17.5. The SMILES string of the molecule is CCn1nc(C)c2c(C(=O)OC)cc(-c3ccc4c(c3)OCO4)nc21. The quantitative estimate of drug-likeness (QED) is 0.683. The molecule has 0 unspecified atom stereocenters. The van der Waals surface area contributed by atoms with E-state index in [0.717, 1.165) is 16.6 Å². The van der Waals surface area contributed by atoms with Crippen LogP contribution in [0.25, 0.3) is 22.3 Å². The van der Waals surface area contributed by atoms with Crippen LogP contribution in [0, 0.1) is 6.92 Å². The van der Waals surface area contributed by atoms with Crippen LogP contribution in [0.2, 0.25) is 0 Å². The number of carbonyl (C=O) groups is 1. The summed E-state index contributed by atoms with van der Waals surface area (Å²) in [5.74, 6) is 0.958. The first-order valence-corrected chi connectivity index (χ1v) is 7.99. The fraction of sp³-hybridized carbons (Fsp3) is 0.278. The van der Waals surface area contributed by atoms with Crippen LogP contribution in [-0.4, -0.2) is 34.6 Å². The lowest BCUT2D eigenvalue weighted by Crippen LogP contribution is -2.05. The molecule has 0 radical (unpaired) electrons. The lowest BCUT2D eigenvalue weighted by Gasteiger charge is -2.08. The molecule has 1 aliphatic rings. The molecule has 2 aromatic heterocycles. The van der Waals surface area contributed by atoms with Gasteiger partial charge >= 0.3 is 5.97 Å². The van der Waals surface area contributed by atoms with Crippen molar-refractivity contribution < 1.29 is 19.0 Å². The summed E-state index contributed by atoms with van der Waals surface area (Å²) in [5.41, 5.74) is 3.36. The van der Waals surface area contributed by atoms with Crippen molar-refractivity contribution in [1.82, 2.24) is 14.8 Å². The van der Waals surface area contributed by atoms with Gasteiger partial charge in [-0.3, -0.25) is 0 Å². The van der Waals surface area contributed by atoms with Crippen molar-refractivity contribution >= 4 is 17.0 Å². The molecule has 25 heavy (non-hydrogen) atoms. The first kappa shape index (κ1) is 15.4. The average molecular weight is 339 g/mol. The number of esters is 1. The van der Waals surface area contributed by atoms with Crippen molar-refractivity contribution in [3.05, 3.63) is 35.5 Å². The van der Waals surface area contributed by atoms with Gasteiger partial charge in [0.15, 0.2) is 17.1 Å². The van der Waals surface area contributed by atoms with Gasteiger partial charge in [0.05, 0.1) is 29.4 Å². The van der Waals surface area contributed by atoms with Crippen molar-refractivity contribution in [2.24, 2.45) is 0 Å². The van der Waals surface area contributed by atoms with Crippen LogP contribution in [0.1, 0.15) is 23.0 Å². The summed E-state index contributed by atoms with van der Waals surface area (Å²) in [6.45, 7) is 4.71. The zero-order valence-corrected chi connectivity index (χ0v) is 14.2. The topological polar surface area (TPSA) is 75.5 Å². The predicted octanol–water partition coefficient (Wildman–Crippen LogP) is 2.94. The van der Waals surface area contributed by atoms with Gasteiger partial charge in [-0.05, 0) is 38.1 Å². The molecule has 128 valence electrons. The Morgan fingerprint density at radius 1 is 1.28 bits per heavy atom. The van der Waals surface area contributed by atoms with E-state index in [4.69, 9.17) is 19.2 Å². The Morgan fingerprint density at radius 2 is 2.08 bits per heavy atom. The Kier molecular flexibility index (Phi) is 3.56. The second-order valence-corrected chi connectivity index (χ2v) is 5.71. The van der Waals surface area contributed by atoms with Gasteiger partial charge in [-0.1, -0.05) is 0 Å². The smallest absolute Gasteiger partial charge is 0.338 e. The van der Waals surface area contributed by atoms with Gasteiger partial charge < -0.3 is 14.2 Å². The molecule has 0 saturated carbocycles. The van der Waals surface area contributed by atoms with E-state index in [-0.39, 0.29) is 6.79 Å². The molecule has 1 aromatic carbocycles. The summed E-state index contributed by atoms with van der Waals surface area (Å²) in [6.07, 6.45) is 0. The molecule has 3 heterocycles. The molecule has 0 N–H and O–H groups in total. The van der Waals surface area contributed by atoms with Crippen LogP contribution in [0.3, 0.4) is 0 Å². The van der Waals surface area contributed by atoms with Gasteiger partial charge in [0.2, 0.25) is 6.79 Å². The number of pyridine rings is 1. The van der Waals surface area contributed by atoms with E-state index >= 15 is 0 Å². The van der Waals surface area contributed by atoms with E-state index in [1.165, 1.54) is 7.11 Å². The molecule has 0 bridgehead atoms. The Balaban J connectivity index is 1.97. The fourth-order valence-electron chi connectivity index (χ4n) is 3.05. The van der Waals surface area contributed by atoms with Gasteiger partial charge in [0.25, 0.3) is 0 Å². The molecule has 0 aliphatic carbocycles. The molecular weight excluding hydrogens is 322 g/mol. The second-order valence-electron chi connectivity index (χ2n) is 5.71. The third-order valence-corrected chi connectivity index (χ3v) is 4.25. The van der Waals surface area contributed by atoms with Gasteiger partial charge in [-0.25, -0.2) is 14.5 Å². The minimum Gasteiger partial charge on any atom is -0.465 e. The normalized spacial score (nSPS) is 12.6. The molecule has 0 amide bonds. The minimum atomic E-state index is -0.409. The molecule has 0 spiro atoms. The standard InChI is InChI=1S/C18H17N3O4/c1-4-21-17-16(10(2)20-21)12(18(22)23-3)8-13(19-17)11-5-6-14-15(7-11)25-9-24-14/h5-8H,4,9H2,1-3H3. The van der Waals surface area contributed by atoms with Crippen molar-refractivity contribution in [3.63, 3.8) is 0 Å². The summed E-state index contributed by atoms with van der Waals surface area (Å²) in [7, 11) is 1.37. The Morgan fingerprint density at radius 3 is 2.84 bits per heavy atom. The third-order valence-electron chi connectivity index (χ3n) is 4.25. The highest BCUT2D eigenvalue weighted by atomic mass is 16.7.